The van der Waals surface area contributed by atoms with Gasteiger partial charge in [-0.25, -0.2) is 9.97 Å². The highest BCUT2D eigenvalue weighted by Gasteiger charge is 2.21. The molecule has 1 aliphatic rings. The van der Waals surface area contributed by atoms with E-state index < -0.39 is 0 Å². The van der Waals surface area contributed by atoms with Gasteiger partial charge in [0.2, 0.25) is 5.95 Å². The Hall–Kier alpha value is -1.20. The quantitative estimate of drug-likeness (QED) is 0.853. The van der Waals surface area contributed by atoms with Crippen molar-refractivity contribution in [3.63, 3.8) is 0 Å². The van der Waals surface area contributed by atoms with Crippen molar-refractivity contribution in [1.29, 1.82) is 0 Å². The Morgan fingerprint density at radius 2 is 2.11 bits per heavy atom. The van der Waals surface area contributed by atoms with Crippen LogP contribution in [-0.2, 0) is 0 Å². The minimum absolute atomic E-state index is 0.253. The molecule has 0 saturated carbocycles. The summed E-state index contributed by atoms with van der Waals surface area (Å²) in [6.45, 7) is 3.14. The highest BCUT2D eigenvalue weighted by atomic mass is 16.3. The predicted molar refractivity (Wildman–Crippen MR) is 71.9 cm³/mol. The molecule has 0 radical (unpaired) electrons. The van der Waals surface area contributed by atoms with E-state index in [1.54, 1.807) is 0 Å². The standard InChI is InChI=1S/C13H22N4O/c1-16(2)13-14-6-3-12(15-13)11-4-7-17(8-5-11)9-10-18/h3,6,11,18H,4-5,7-10H2,1-2H3. The number of likely N-dealkylation sites (tertiary alicyclic amines) is 1. The fourth-order valence-corrected chi connectivity index (χ4v) is 2.40. The molecule has 1 N–H and O–H groups in total. The molecule has 1 aliphatic heterocycles. The van der Waals surface area contributed by atoms with Crippen molar-refractivity contribution in [3.05, 3.63) is 18.0 Å². The van der Waals surface area contributed by atoms with Crippen molar-refractivity contribution in [3.8, 4) is 0 Å². The Kier molecular flexibility index (Phi) is 4.49. The molecule has 2 rings (SSSR count). The second kappa shape index (κ2) is 6.11. The number of hydrogen-bond acceptors (Lipinski definition) is 5. The number of aliphatic hydroxyl groups excluding tert-OH is 1. The van der Waals surface area contributed by atoms with Gasteiger partial charge in [-0.1, -0.05) is 0 Å². The largest absolute Gasteiger partial charge is 0.395 e. The van der Waals surface area contributed by atoms with Gasteiger partial charge in [0.15, 0.2) is 0 Å². The second-order valence-corrected chi connectivity index (χ2v) is 5.02. The number of anilines is 1. The molecule has 18 heavy (non-hydrogen) atoms. The Bertz CT molecular complexity index is 375. The van der Waals surface area contributed by atoms with Crippen molar-refractivity contribution in [1.82, 2.24) is 14.9 Å². The molecular formula is C13H22N4O. The van der Waals surface area contributed by atoms with Gasteiger partial charge in [-0.15, -0.1) is 0 Å². The lowest BCUT2D eigenvalue weighted by atomic mass is 9.93. The van der Waals surface area contributed by atoms with Crippen molar-refractivity contribution < 1.29 is 5.11 Å². The maximum absolute atomic E-state index is 8.93. The topological polar surface area (TPSA) is 52.5 Å². The molecule has 0 bridgehead atoms. The summed E-state index contributed by atoms with van der Waals surface area (Å²) in [6.07, 6.45) is 4.07. The highest BCUT2D eigenvalue weighted by Crippen LogP contribution is 2.26. The molecule has 0 aromatic carbocycles. The maximum atomic E-state index is 8.93. The van der Waals surface area contributed by atoms with E-state index in [4.69, 9.17) is 5.11 Å². The van der Waals surface area contributed by atoms with Gasteiger partial charge < -0.3 is 14.9 Å². The number of aliphatic hydroxyl groups is 1. The number of aromatic nitrogens is 2. The Labute approximate surface area is 108 Å². The van der Waals surface area contributed by atoms with Crippen LogP contribution in [0.1, 0.15) is 24.5 Å². The van der Waals surface area contributed by atoms with Crippen LogP contribution in [0.3, 0.4) is 0 Å². The smallest absolute Gasteiger partial charge is 0.224 e. The first kappa shape index (κ1) is 13.2. The van der Waals surface area contributed by atoms with Gasteiger partial charge in [0.05, 0.1) is 6.61 Å². The molecular weight excluding hydrogens is 228 g/mol. The molecule has 0 aliphatic carbocycles. The van der Waals surface area contributed by atoms with E-state index in [1.165, 1.54) is 0 Å². The van der Waals surface area contributed by atoms with Gasteiger partial charge in [-0.3, -0.25) is 0 Å². The molecule has 0 spiro atoms. The highest BCUT2D eigenvalue weighted by molar-refractivity contribution is 5.28. The van der Waals surface area contributed by atoms with Gasteiger partial charge >= 0.3 is 0 Å². The van der Waals surface area contributed by atoms with Crippen molar-refractivity contribution in [2.45, 2.75) is 18.8 Å². The molecule has 1 fully saturated rings. The number of rotatable bonds is 4. The first-order chi connectivity index (χ1) is 8.70. The van der Waals surface area contributed by atoms with Crippen molar-refractivity contribution in [2.75, 3.05) is 45.2 Å². The van der Waals surface area contributed by atoms with E-state index >= 15 is 0 Å². The average Bonchev–Trinajstić information content (AvgIpc) is 2.40. The maximum Gasteiger partial charge on any atom is 0.224 e. The molecule has 1 saturated heterocycles. The van der Waals surface area contributed by atoms with Crippen LogP contribution < -0.4 is 4.90 Å². The summed E-state index contributed by atoms with van der Waals surface area (Å²) in [7, 11) is 3.92. The predicted octanol–water partition coefficient (Wildman–Crippen LogP) is 0.714. The zero-order chi connectivity index (χ0) is 13.0. The lowest BCUT2D eigenvalue weighted by molar-refractivity contribution is 0.163. The molecule has 1 aromatic rings. The Morgan fingerprint density at radius 3 is 2.72 bits per heavy atom. The summed E-state index contributed by atoms with van der Waals surface area (Å²) in [6, 6.07) is 2.03. The van der Waals surface area contributed by atoms with Crippen LogP contribution >= 0.6 is 0 Å². The van der Waals surface area contributed by atoms with E-state index in [-0.39, 0.29) is 6.61 Å². The van der Waals surface area contributed by atoms with Crippen molar-refractivity contribution in [2.24, 2.45) is 0 Å². The fourth-order valence-electron chi connectivity index (χ4n) is 2.40. The van der Waals surface area contributed by atoms with Crippen LogP contribution in [0.2, 0.25) is 0 Å². The van der Waals surface area contributed by atoms with Crippen LogP contribution in [-0.4, -0.2) is 60.3 Å². The van der Waals surface area contributed by atoms with Crippen LogP contribution in [0.15, 0.2) is 12.3 Å². The summed E-state index contributed by atoms with van der Waals surface area (Å²) >= 11 is 0. The van der Waals surface area contributed by atoms with Crippen LogP contribution in [0, 0.1) is 0 Å². The number of piperidine rings is 1. The molecule has 2 heterocycles. The molecule has 5 nitrogen and oxygen atoms in total. The third-order valence-corrected chi connectivity index (χ3v) is 3.49. The molecule has 1 aromatic heterocycles. The van der Waals surface area contributed by atoms with Crippen molar-refractivity contribution >= 4 is 5.95 Å². The van der Waals surface area contributed by atoms with Gasteiger partial charge in [0.1, 0.15) is 0 Å². The van der Waals surface area contributed by atoms with Crippen LogP contribution in [0.25, 0.3) is 0 Å². The normalized spacial score (nSPS) is 17.9. The van der Waals surface area contributed by atoms with E-state index in [0.717, 1.165) is 44.1 Å². The van der Waals surface area contributed by atoms with E-state index in [1.807, 2.05) is 31.3 Å². The lowest BCUT2D eigenvalue weighted by Crippen LogP contribution is -2.35. The zero-order valence-corrected chi connectivity index (χ0v) is 11.2. The third kappa shape index (κ3) is 3.17. The molecule has 5 heteroatoms. The van der Waals surface area contributed by atoms with E-state index in [0.29, 0.717) is 5.92 Å². The van der Waals surface area contributed by atoms with E-state index in [9.17, 15) is 0 Å². The lowest BCUT2D eigenvalue weighted by Gasteiger charge is -2.31. The van der Waals surface area contributed by atoms with Crippen LogP contribution in [0.4, 0.5) is 5.95 Å². The van der Waals surface area contributed by atoms with Gasteiger partial charge in [0, 0.05) is 38.4 Å². The third-order valence-electron chi connectivity index (χ3n) is 3.49. The SMILES string of the molecule is CN(C)c1nccc(C2CCN(CCO)CC2)n1. The van der Waals surface area contributed by atoms with E-state index in [2.05, 4.69) is 14.9 Å². The van der Waals surface area contributed by atoms with Gasteiger partial charge in [-0.2, -0.15) is 0 Å². The molecule has 0 unspecified atom stereocenters. The van der Waals surface area contributed by atoms with Gasteiger partial charge in [-0.05, 0) is 32.0 Å². The average molecular weight is 250 g/mol. The van der Waals surface area contributed by atoms with Crippen LogP contribution in [0.5, 0.6) is 0 Å². The number of nitrogens with zero attached hydrogens (tertiary/aromatic N) is 4. The summed E-state index contributed by atoms with van der Waals surface area (Å²) in [4.78, 5) is 13.1. The fraction of sp³-hybridized carbons (Fsp3) is 0.692. The summed E-state index contributed by atoms with van der Waals surface area (Å²) in [5, 5.41) is 8.93. The Morgan fingerprint density at radius 1 is 1.39 bits per heavy atom. The first-order valence-electron chi connectivity index (χ1n) is 6.54. The molecule has 0 amide bonds. The summed E-state index contributed by atoms with van der Waals surface area (Å²) in [5.74, 6) is 1.31. The summed E-state index contributed by atoms with van der Waals surface area (Å²) < 4.78 is 0. The Balaban J connectivity index is 1.98. The zero-order valence-electron chi connectivity index (χ0n) is 11.2. The summed E-state index contributed by atoms with van der Waals surface area (Å²) in [5.41, 5.74) is 1.15. The monoisotopic (exact) mass is 250 g/mol. The number of β-amino-alcohol motifs (C(OH)–C–C–N with tert-alkyl or cyclic N) is 1. The molecule has 100 valence electrons. The minimum Gasteiger partial charge on any atom is -0.395 e. The molecule has 0 atom stereocenters. The first-order valence-corrected chi connectivity index (χ1v) is 6.54. The second-order valence-electron chi connectivity index (χ2n) is 5.02. The number of hydrogen-bond donors (Lipinski definition) is 1. The minimum atomic E-state index is 0.253. The van der Waals surface area contributed by atoms with Gasteiger partial charge in [0.25, 0.3) is 0 Å².